The zero-order chi connectivity index (χ0) is 15.2. The van der Waals surface area contributed by atoms with Crippen LogP contribution in [0.5, 0.6) is 0 Å². The van der Waals surface area contributed by atoms with Gasteiger partial charge in [-0.3, -0.25) is 4.79 Å². The molecule has 0 atom stereocenters. The van der Waals surface area contributed by atoms with E-state index in [1.165, 1.54) is 11.1 Å². The molecule has 0 unspecified atom stereocenters. The molecule has 0 saturated heterocycles. The summed E-state index contributed by atoms with van der Waals surface area (Å²) in [6.07, 6.45) is 7.71. The van der Waals surface area contributed by atoms with Gasteiger partial charge in [-0.15, -0.1) is 0 Å². The van der Waals surface area contributed by atoms with E-state index in [0.717, 1.165) is 30.7 Å². The van der Waals surface area contributed by atoms with E-state index >= 15 is 0 Å². The van der Waals surface area contributed by atoms with Crippen LogP contribution in [0.3, 0.4) is 0 Å². The molecule has 0 aliphatic rings. The molecule has 0 fully saturated rings. The highest BCUT2D eigenvalue weighted by Crippen LogP contribution is 2.16. The maximum atomic E-state index is 10.8. The van der Waals surface area contributed by atoms with Crippen molar-refractivity contribution >= 4 is 16.8 Å². The summed E-state index contributed by atoms with van der Waals surface area (Å²) in [5.41, 5.74) is 3.56. The Kier molecular flexibility index (Phi) is 5.09. The van der Waals surface area contributed by atoms with Gasteiger partial charge in [0.1, 0.15) is 5.82 Å². The van der Waals surface area contributed by atoms with Gasteiger partial charge in [0, 0.05) is 6.54 Å². The quantitative estimate of drug-likeness (QED) is 0.587. The maximum Gasteiger partial charge on any atom is 0.152 e. The summed E-state index contributed by atoms with van der Waals surface area (Å²) in [4.78, 5) is 15.4. The predicted molar refractivity (Wildman–Crippen MR) is 87.3 cm³/mol. The number of ketones is 1. The molecule has 1 aromatic heterocycles. The maximum absolute atomic E-state index is 10.8. The molecule has 1 aromatic carbocycles. The summed E-state index contributed by atoms with van der Waals surface area (Å²) in [6.45, 7) is 6.59. The molecule has 0 bridgehead atoms. The van der Waals surface area contributed by atoms with Gasteiger partial charge in [0.05, 0.1) is 11.0 Å². The third kappa shape index (κ3) is 4.15. The van der Waals surface area contributed by atoms with E-state index in [0.29, 0.717) is 0 Å². The Morgan fingerprint density at radius 2 is 2.05 bits per heavy atom. The van der Waals surface area contributed by atoms with E-state index in [1.54, 1.807) is 13.0 Å². The van der Waals surface area contributed by atoms with Crippen molar-refractivity contribution in [3.05, 3.63) is 53.9 Å². The molecule has 1 heterocycles. The lowest BCUT2D eigenvalue weighted by Gasteiger charge is -2.04. The number of carbonyl (C=O) groups excluding carboxylic acids is 1. The fourth-order valence-electron chi connectivity index (χ4n) is 2.34. The largest absolute Gasteiger partial charge is 0.324 e. The van der Waals surface area contributed by atoms with Crippen molar-refractivity contribution in [2.45, 2.75) is 40.2 Å². The van der Waals surface area contributed by atoms with E-state index in [9.17, 15) is 4.79 Å². The van der Waals surface area contributed by atoms with Gasteiger partial charge in [-0.1, -0.05) is 29.9 Å². The number of aromatic nitrogens is 2. The number of imidazole rings is 1. The molecule has 2 aromatic rings. The first kappa shape index (κ1) is 15.2. The molecule has 110 valence electrons. The zero-order valence-corrected chi connectivity index (χ0v) is 13.0. The highest BCUT2D eigenvalue weighted by Gasteiger charge is 2.04. The molecule has 0 aliphatic heterocycles. The smallest absolute Gasteiger partial charge is 0.152 e. The van der Waals surface area contributed by atoms with Gasteiger partial charge in [0.25, 0.3) is 0 Å². The summed E-state index contributed by atoms with van der Waals surface area (Å²) in [5, 5.41) is 0. The van der Waals surface area contributed by atoms with Crippen LogP contribution in [-0.2, 0) is 11.3 Å². The van der Waals surface area contributed by atoms with Crippen LogP contribution in [0, 0.1) is 6.92 Å². The summed E-state index contributed by atoms with van der Waals surface area (Å²) >= 11 is 0. The summed E-state index contributed by atoms with van der Waals surface area (Å²) < 4.78 is 2.23. The molecule has 0 saturated carbocycles. The van der Waals surface area contributed by atoms with E-state index in [-0.39, 0.29) is 5.78 Å². The topological polar surface area (TPSA) is 34.9 Å². The number of hydrogen-bond donors (Lipinski definition) is 0. The number of benzene rings is 1. The van der Waals surface area contributed by atoms with Crippen molar-refractivity contribution in [1.29, 1.82) is 0 Å². The van der Waals surface area contributed by atoms with Crippen molar-refractivity contribution in [3.8, 4) is 0 Å². The number of carbonyl (C=O) groups is 1. The van der Waals surface area contributed by atoms with Gasteiger partial charge in [-0.2, -0.15) is 0 Å². The van der Waals surface area contributed by atoms with Gasteiger partial charge >= 0.3 is 0 Å². The lowest BCUT2D eigenvalue weighted by atomic mass is 10.1. The minimum absolute atomic E-state index is 0.108. The first-order valence-corrected chi connectivity index (χ1v) is 7.32. The zero-order valence-electron chi connectivity index (χ0n) is 13.0. The molecule has 0 spiro atoms. The van der Waals surface area contributed by atoms with Crippen LogP contribution in [0.1, 0.15) is 32.5 Å². The lowest BCUT2D eigenvalue weighted by Crippen LogP contribution is -1.98. The van der Waals surface area contributed by atoms with E-state index in [2.05, 4.69) is 28.6 Å². The third-order valence-electron chi connectivity index (χ3n) is 3.53. The summed E-state index contributed by atoms with van der Waals surface area (Å²) in [6, 6.07) is 8.21. The molecule has 21 heavy (non-hydrogen) atoms. The van der Waals surface area contributed by atoms with Crippen LogP contribution in [0.2, 0.25) is 0 Å². The Balaban J connectivity index is 2.01. The summed E-state index contributed by atoms with van der Waals surface area (Å²) in [5.74, 6) is 1.15. The van der Waals surface area contributed by atoms with Crippen LogP contribution in [0.4, 0.5) is 0 Å². The number of nitrogens with zero attached hydrogens (tertiary/aromatic N) is 2. The van der Waals surface area contributed by atoms with Crippen molar-refractivity contribution in [3.63, 3.8) is 0 Å². The molecule has 0 amide bonds. The number of aryl methyl sites for hydroxylation is 1. The molecule has 3 nitrogen and oxygen atoms in total. The average molecular weight is 282 g/mol. The fourth-order valence-corrected chi connectivity index (χ4v) is 2.34. The first-order valence-electron chi connectivity index (χ1n) is 7.32. The molecule has 0 radical (unpaired) electrons. The van der Waals surface area contributed by atoms with Crippen LogP contribution < -0.4 is 0 Å². The molecule has 0 N–H and O–H groups in total. The fraction of sp³-hybridized carbons (Fsp3) is 0.333. The van der Waals surface area contributed by atoms with Crippen molar-refractivity contribution in [1.82, 2.24) is 9.55 Å². The Morgan fingerprint density at radius 1 is 1.29 bits per heavy atom. The Morgan fingerprint density at radius 3 is 2.81 bits per heavy atom. The van der Waals surface area contributed by atoms with E-state index in [4.69, 9.17) is 0 Å². The normalized spacial score (nSPS) is 12.4. The molecular formula is C18H22N2O. The molecular weight excluding hydrogens is 260 g/mol. The Bertz CT molecular complexity index is 692. The van der Waals surface area contributed by atoms with Crippen LogP contribution in [0.25, 0.3) is 11.0 Å². The van der Waals surface area contributed by atoms with Crippen LogP contribution in [0.15, 0.2) is 48.1 Å². The number of hydrogen-bond acceptors (Lipinski definition) is 2. The SMILES string of the molecule is CC(=O)/C=C/CC/C(C)=C/Cn1c(C)nc2ccccc21. The van der Waals surface area contributed by atoms with Gasteiger partial charge < -0.3 is 4.57 Å². The highest BCUT2D eigenvalue weighted by atomic mass is 16.1. The second-order valence-electron chi connectivity index (χ2n) is 5.36. The molecule has 2 rings (SSSR count). The van der Waals surface area contributed by atoms with E-state index in [1.807, 2.05) is 31.2 Å². The van der Waals surface area contributed by atoms with Gasteiger partial charge in [-0.25, -0.2) is 4.98 Å². The average Bonchev–Trinajstić information content (AvgIpc) is 2.76. The minimum atomic E-state index is 0.108. The molecule has 0 aliphatic carbocycles. The summed E-state index contributed by atoms with van der Waals surface area (Å²) in [7, 11) is 0. The number of para-hydroxylation sites is 2. The van der Waals surface area contributed by atoms with Gasteiger partial charge in [0.15, 0.2) is 5.78 Å². The Hall–Kier alpha value is -2.16. The van der Waals surface area contributed by atoms with Crippen LogP contribution in [-0.4, -0.2) is 15.3 Å². The number of rotatable bonds is 6. The van der Waals surface area contributed by atoms with Crippen molar-refractivity contribution in [2.24, 2.45) is 0 Å². The standard InChI is InChI=1S/C18H22N2O/c1-14(8-4-5-9-15(2)21)12-13-20-16(3)19-17-10-6-7-11-18(17)20/h5-7,9-12H,4,8,13H2,1-3H3/b9-5+,14-12+. The van der Waals surface area contributed by atoms with E-state index < -0.39 is 0 Å². The minimum Gasteiger partial charge on any atom is -0.324 e. The predicted octanol–water partition coefficient (Wildman–Crippen LogP) is 4.22. The third-order valence-corrected chi connectivity index (χ3v) is 3.53. The van der Waals surface area contributed by atoms with Gasteiger partial charge in [-0.05, 0) is 51.8 Å². The van der Waals surface area contributed by atoms with Crippen LogP contribution >= 0.6 is 0 Å². The second kappa shape index (κ2) is 7.02. The van der Waals surface area contributed by atoms with Gasteiger partial charge in [0.2, 0.25) is 0 Å². The highest BCUT2D eigenvalue weighted by molar-refractivity contribution is 5.87. The number of fused-ring (bicyclic) bond motifs is 1. The second-order valence-corrected chi connectivity index (χ2v) is 5.36. The number of allylic oxidation sites excluding steroid dienone is 4. The monoisotopic (exact) mass is 282 g/mol. The van der Waals surface area contributed by atoms with Crippen molar-refractivity contribution in [2.75, 3.05) is 0 Å². The molecule has 3 heteroatoms. The first-order chi connectivity index (χ1) is 10.1. The lowest BCUT2D eigenvalue weighted by molar-refractivity contribution is -0.112. The Labute approximate surface area is 126 Å². The van der Waals surface area contributed by atoms with Crippen molar-refractivity contribution < 1.29 is 4.79 Å².